The molecule has 0 aliphatic carbocycles. The van der Waals surface area contributed by atoms with Gasteiger partial charge in [-0.25, -0.2) is 0 Å². The summed E-state index contributed by atoms with van der Waals surface area (Å²) in [5.41, 5.74) is 1.27. The van der Waals surface area contributed by atoms with Gasteiger partial charge in [0, 0.05) is 30.4 Å². The van der Waals surface area contributed by atoms with Gasteiger partial charge in [-0.1, -0.05) is 19.9 Å². The Hall–Kier alpha value is -0.600. The highest BCUT2D eigenvalue weighted by atomic mass is 35.5. The summed E-state index contributed by atoms with van der Waals surface area (Å²) in [4.78, 5) is 4.09. The number of alkyl halides is 1. The molecule has 0 aromatic carbocycles. The van der Waals surface area contributed by atoms with Crippen molar-refractivity contribution in [1.82, 2.24) is 10.3 Å². The number of rotatable bonds is 6. The SMILES string of the molecule is CCC(CC)(CCl)NCc1cccnc1. The van der Waals surface area contributed by atoms with E-state index in [4.69, 9.17) is 11.6 Å². The lowest BCUT2D eigenvalue weighted by atomic mass is 9.95. The van der Waals surface area contributed by atoms with E-state index in [1.54, 1.807) is 6.20 Å². The molecule has 0 atom stereocenters. The van der Waals surface area contributed by atoms with Crippen LogP contribution in [0.3, 0.4) is 0 Å². The number of nitrogens with zero attached hydrogens (tertiary/aromatic N) is 1. The van der Waals surface area contributed by atoms with Crippen molar-refractivity contribution < 1.29 is 0 Å². The topological polar surface area (TPSA) is 24.9 Å². The second-order valence-corrected chi connectivity index (χ2v) is 4.10. The molecule has 1 N–H and O–H groups in total. The molecule has 1 heterocycles. The van der Waals surface area contributed by atoms with Gasteiger partial charge in [0.15, 0.2) is 0 Å². The molecule has 1 aromatic rings. The van der Waals surface area contributed by atoms with Crippen LogP contribution in [0.2, 0.25) is 0 Å². The first-order chi connectivity index (χ1) is 7.26. The lowest BCUT2D eigenvalue weighted by Crippen LogP contribution is -2.45. The Kier molecular flexibility index (Phi) is 5.06. The third-order valence-corrected chi connectivity index (χ3v) is 3.51. The van der Waals surface area contributed by atoms with Gasteiger partial charge in [-0.3, -0.25) is 4.98 Å². The Morgan fingerprint density at radius 2 is 2.13 bits per heavy atom. The minimum absolute atomic E-state index is 0.0669. The highest BCUT2D eigenvalue weighted by Crippen LogP contribution is 2.17. The van der Waals surface area contributed by atoms with Gasteiger partial charge in [0.25, 0.3) is 0 Å². The Balaban J connectivity index is 2.54. The minimum Gasteiger partial charge on any atom is -0.306 e. The number of nitrogens with one attached hydrogen (secondary N) is 1. The van der Waals surface area contributed by atoms with E-state index < -0.39 is 0 Å². The van der Waals surface area contributed by atoms with E-state index >= 15 is 0 Å². The van der Waals surface area contributed by atoms with E-state index in [9.17, 15) is 0 Å². The van der Waals surface area contributed by atoms with Crippen molar-refractivity contribution in [3.8, 4) is 0 Å². The van der Waals surface area contributed by atoms with Crippen molar-refractivity contribution in [2.24, 2.45) is 0 Å². The average Bonchev–Trinajstić information content (AvgIpc) is 2.33. The zero-order valence-electron chi connectivity index (χ0n) is 9.46. The number of hydrogen-bond acceptors (Lipinski definition) is 2. The van der Waals surface area contributed by atoms with Crippen molar-refractivity contribution in [2.45, 2.75) is 38.8 Å². The summed E-state index contributed by atoms with van der Waals surface area (Å²) in [6.07, 6.45) is 5.77. The zero-order valence-corrected chi connectivity index (χ0v) is 10.2. The van der Waals surface area contributed by atoms with Crippen LogP contribution >= 0.6 is 11.6 Å². The van der Waals surface area contributed by atoms with Crippen LogP contribution in [0.15, 0.2) is 24.5 Å². The number of hydrogen-bond donors (Lipinski definition) is 1. The molecule has 0 amide bonds. The highest BCUT2D eigenvalue weighted by molar-refractivity contribution is 6.18. The van der Waals surface area contributed by atoms with E-state index in [2.05, 4.69) is 30.2 Å². The van der Waals surface area contributed by atoms with E-state index in [1.807, 2.05) is 12.3 Å². The summed E-state index contributed by atoms with van der Waals surface area (Å²) in [7, 11) is 0. The van der Waals surface area contributed by atoms with Crippen molar-refractivity contribution in [2.75, 3.05) is 5.88 Å². The monoisotopic (exact) mass is 226 g/mol. The van der Waals surface area contributed by atoms with Crippen LogP contribution in [-0.4, -0.2) is 16.4 Å². The van der Waals surface area contributed by atoms with Crippen LogP contribution in [0.1, 0.15) is 32.3 Å². The maximum absolute atomic E-state index is 6.01. The molecule has 15 heavy (non-hydrogen) atoms. The Bertz CT molecular complexity index is 262. The molecular formula is C12H19ClN2. The van der Waals surface area contributed by atoms with Crippen LogP contribution in [0.5, 0.6) is 0 Å². The zero-order chi connectivity index (χ0) is 11.1. The standard InChI is InChI=1S/C12H19ClN2/c1-3-12(4-2,10-13)15-9-11-6-5-7-14-8-11/h5-8,15H,3-4,9-10H2,1-2H3. The molecule has 0 radical (unpaired) electrons. The summed E-state index contributed by atoms with van der Waals surface area (Å²) >= 11 is 6.01. The smallest absolute Gasteiger partial charge is 0.0405 e. The third-order valence-electron chi connectivity index (χ3n) is 3.00. The lowest BCUT2D eigenvalue weighted by molar-refractivity contribution is 0.334. The lowest BCUT2D eigenvalue weighted by Gasteiger charge is -2.30. The van der Waals surface area contributed by atoms with Crippen LogP contribution in [0.4, 0.5) is 0 Å². The normalized spacial score (nSPS) is 11.7. The van der Waals surface area contributed by atoms with E-state index in [0.29, 0.717) is 5.88 Å². The molecule has 0 aliphatic rings. The quantitative estimate of drug-likeness (QED) is 0.755. The fourth-order valence-electron chi connectivity index (χ4n) is 1.53. The number of aromatic nitrogens is 1. The molecule has 0 saturated carbocycles. The molecule has 1 rings (SSSR count). The molecule has 0 unspecified atom stereocenters. The summed E-state index contributed by atoms with van der Waals surface area (Å²) in [5.74, 6) is 0.653. The van der Waals surface area contributed by atoms with Crippen molar-refractivity contribution in [3.05, 3.63) is 30.1 Å². The largest absolute Gasteiger partial charge is 0.306 e. The molecule has 0 aliphatic heterocycles. The first-order valence-electron chi connectivity index (χ1n) is 5.46. The number of pyridine rings is 1. The Morgan fingerprint density at radius 3 is 2.60 bits per heavy atom. The van der Waals surface area contributed by atoms with Crippen molar-refractivity contribution in [3.63, 3.8) is 0 Å². The fourth-order valence-corrected chi connectivity index (χ4v) is 2.00. The minimum atomic E-state index is 0.0669. The molecule has 2 nitrogen and oxygen atoms in total. The Morgan fingerprint density at radius 1 is 1.40 bits per heavy atom. The second-order valence-electron chi connectivity index (χ2n) is 3.84. The highest BCUT2D eigenvalue weighted by Gasteiger charge is 2.23. The van der Waals surface area contributed by atoms with Gasteiger partial charge in [-0.15, -0.1) is 11.6 Å². The van der Waals surface area contributed by atoms with Crippen LogP contribution < -0.4 is 5.32 Å². The molecular weight excluding hydrogens is 208 g/mol. The number of halogens is 1. The predicted molar refractivity (Wildman–Crippen MR) is 65.1 cm³/mol. The maximum Gasteiger partial charge on any atom is 0.0405 e. The van der Waals surface area contributed by atoms with Gasteiger partial charge < -0.3 is 5.32 Å². The van der Waals surface area contributed by atoms with E-state index in [-0.39, 0.29) is 5.54 Å². The van der Waals surface area contributed by atoms with Gasteiger partial charge in [0.05, 0.1) is 0 Å². The van der Waals surface area contributed by atoms with Crippen LogP contribution in [-0.2, 0) is 6.54 Å². The summed E-state index contributed by atoms with van der Waals surface area (Å²) in [5, 5.41) is 3.53. The van der Waals surface area contributed by atoms with E-state index in [0.717, 1.165) is 19.4 Å². The molecule has 0 fully saturated rings. The second kappa shape index (κ2) is 6.09. The van der Waals surface area contributed by atoms with Crippen molar-refractivity contribution >= 4 is 11.6 Å². The third kappa shape index (κ3) is 3.47. The first kappa shape index (κ1) is 12.5. The van der Waals surface area contributed by atoms with Gasteiger partial charge in [0.2, 0.25) is 0 Å². The molecule has 84 valence electrons. The van der Waals surface area contributed by atoms with Crippen LogP contribution in [0, 0.1) is 0 Å². The molecule has 1 aromatic heterocycles. The summed E-state index contributed by atoms with van der Waals surface area (Å²) in [6, 6.07) is 4.03. The summed E-state index contributed by atoms with van der Waals surface area (Å²) in [6.45, 7) is 5.17. The van der Waals surface area contributed by atoms with Crippen molar-refractivity contribution in [1.29, 1.82) is 0 Å². The van der Waals surface area contributed by atoms with E-state index in [1.165, 1.54) is 5.56 Å². The van der Waals surface area contributed by atoms with Crippen LogP contribution in [0.25, 0.3) is 0 Å². The van der Waals surface area contributed by atoms with Gasteiger partial charge >= 0.3 is 0 Å². The van der Waals surface area contributed by atoms with Gasteiger partial charge in [-0.2, -0.15) is 0 Å². The first-order valence-corrected chi connectivity index (χ1v) is 5.99. The maximum atomic E-state index is 6.01. The average molecular weight is 227 g/mol. The molecule has 3 heteroatoms. The molecule has 0 bridgehead atoms. The molecule has 0 saturated heterocycles. The van der Waals surface area contributed by atoms with Gasteiger partial charge in [0.1, 0.15) is 0 Å². The predicted octanol–water partition coefficient (Wildman–Crippen LogP) is 2.97. The van der Waals surface area contributed by atoms with Gasteiger partial charge in [-0.05, 0) is 24.5 Å². The summed E-state index contributed by atoms with van der Waals surface area (Å²) < 4.78 is 0. The Labute approximate surface area is 97.1 Å². The molecule has 0 spiro atoms. The fraction of sp³-hybridized carbons (Fsp3) is 0.583.